The molecule has 1 amide bonds. The van der Waals surface area contributed by atoms with Crippen molar-refractivity contribution in [3.63, 3.8) is 0 Å². The summed E-state index contributed by atoms with van der Waals surface area (Å²) in [7, 11) is 0. The second-order valence-electron chi connectivity index (χ2n) is 4.36. The van der Waals surface area contributed by atoms with E-state index in [2.05, 4.69) is 30.6 Å². The molecular formula is C13H12N6OS2. The van der Waals surface area contributed by atoms with Gasteiger partial charge in [-0.05, 0) is 13.0 Å². The minimum absolute atomic E-state index is 0.137. The highest BCUT2D eigenvalue weighted by molar-refractivity contribution is 7.14. The van der Waals surface area contributed by atoms with E-state index in [-0.39, 0.29) is 12.3 Å². The molecule has 0 aliphatic heterocycles. The zero-order valence-corrected chi connectivity index (χ0v) is 13.2. The van der Waals surface area contributed by atoms with Crippen LogP contribution in [-0.4, -0.2) is 25.8 Å². The molecule has 0 fully saturated rings. The van der Waals surface area contributed by atoms with Gasteiger partial charge in [-0.2, -0.15) is 0 Å². The van der Waals surface area contributed by atoms with Crippen LogP contribution in [0.2, 0.25) is 0 Å². The average Bonchev–Trinajstić information content (AvgIpc) is 3.09. The molecular weight excluding hydrogens is 320 g/mol. The molecule has 3 aromatic rings. The summed E-state index contributed by atoms with van der Waals surface area (Å²) in [4.78, 5) is 28.6. The summed E-state index contributed by atoms with van der Waals surface area (Å²) in [5.41, 5.74) is 1.58. The number of hydrogen-bond donors (Lipinski definition) is 2. The van der Waals surface area contributed by atoms with Crippen LogP contribution in [0, 0.1) is 6.92 Å². The van der Waals surface area contributed by atoms with Crippen molar-refractivity contribution in [1.29, 1.82) is 0 Å². The first kappa shape index (κ1) is 14.5. The maximum Gasteiger partial charge on any atom is 0.232 e. The van der Waals surface area contributed by atoms with Crippen molar-refractivity contribution in [2.75, 3.05) is 10.6 Å². The van der Waals surface area contributed by atoms with Gasteiger partial charge in [-0.25, -0.2) is 19.9 Å². The molecule has 3 aromatic heterocycles. The van der Waals surface area contributed by atoms with Gasteiger partial charge in [0.05, 0.1) is 17.8 Å². The largest absolute Gasteiger partial charge is 0.302 e. The number of rotatable bonds is 5. The molecule has 0 saturated heterocycles. The highest BCUT2D eigenvalue weighted by atomic mass is 32.1. The van der Waals surface area contributed by atoms with Gasteiger partial charge in [0.1, 0.15) is 0 Å². The van der Waals surface area contributed by atoms with Crippen LogP contribution >= 0.6 is 22.7 Å². The molecule has 7 nitrogen and oxygen atoms in total. The summed E-state index contributed by atoms with van der Waals surface area (Å²) >= 11 is 2.81. The maximum atomic E-state index is 11.9. The maximum absolute atomic E-state index is 11.9. The van der Waals surface area contributed by atoms with Gasteiger partial charge in [0, 0.05) is 23.2 Å². The second-order valence-corrected chi connectivity index (χ2v) is 6.08. The van der Waals surface area contributed by atoms with Crippen LogP contribution in [0.1, 0.15) is 11.4 Å². The number of carbonyl (C=O) groups excluding carboxylic acids is 1. The number of thiazole rings is 2. The molecule has 9 heteroatoms. The predicted molar refractivity (Wildman–Crippen MR) is 86.6 cm³/mol. The first-order chi connectivity index (χ1) is 10.7. The third-order valence-electron chi connectivity index (χ3n) is 2.54. The molecule has 2 N–H and O–H groups in total. The Morgan fingerprint density at radius 2 is 1.91 bits per heavy atom. The molecule has 0 atom stereocenters. The van der Waals surface area contributed by atoms with Crippen LogP contribution in [0.25, 0.3) is 0 Å². The number of carbonyl (C=O) groups is 1. The molecule has 0 unspecified atom stereocenters. The Kier molecular flexibility index (Phi) is 4.35. The number of nitrogens with zero attached hydrogens (tertiary/aromatic N) is 4. The third-order valence-corrected chi connectivity index (χ3v) is 4.23. The quantitative estimate of drug-likeness (QED) is 0.746. The normalized spacial score (nSPS) is 10.4. The number of hydrogen-bond acceptors (Lipinski definition) is 8. The Hall–Kier alpha value is -2.39. The molecule has 0 saturated carbocycles. The van der Waals surface area contributed by atoms with Gasteiger partial charge in [-0.1, -0.05) is 0 Å². The van der Waals surface area contributed by atoms with Gasteiger partial charge in [-0.15, -0.1) is 22.7 Å². The molecule has 112 valence electrons. The monoisotopic (exact) mass is 332 g/mol. The van der Waals surface area contributed by atoms with Crippen molar-refractivity contribution in [3.8, 4) is 0 Å². The van der Waals surface area contributed by atoms with E-state index in [4.69, 9.17) is 0 Å². The standard InChI is InChI=1S/C13H12N6OS2/c1-8-6-21-12(16-8)18-10(20)5-9-7-22-13(17-9)19-11-14-3-2-4-15-11/h2-4,6-7H,5H2,1H3,(H,16,18,20)(H,14,15,17,19). The number of aryl methyl sites for hydroxylation is 1. The van der Waals surface area contributed by atoms with Crippen molar-refractivity contribution < 1.29 is 4.79 Å². The van der Waals surface area contributed by atoms with Crippen LogP contribution in [0.15, 0.2) is 29.2 Å². The summed E-state index contributed by atoms with van der Waals surface area (Å²) in [5, 5.41) is 10.7. The van der Waals surface area contributed by atoms with Crippen molar-refractivity contribution in [1.82, 2.24) is 19.9 Å². The number of aromatic nitrogens is 4. The first-order valence-corrected chi connectivity index (χ1v) is 8.15. The average molecular weight is 332 g/mol. The molecule has 0 spiro atoms. The third kappa shape index (κ3) is 3.83. The van der Waals surface area contributed by atoms with Gasteiger partial charge in [0.15, 0.2) is 10.3 Å². The lowest BCUT2D eigenvalue weighted by molar-refractivity contribution is -0.115. The van der Waals surface area contributed by atoms with E-state index >= 15 is 0 Å². The lowest BCUT2D eigenvalue weighted by Gasteiger charge is -1.99. The van der Waals surface area contributed by atoms with E-state index in [1.807, 2.05) is 17.7 Å². The number of amides is 1. The Bertz CT molecular complexity index is 770. The Morgan fingerprint density at radius 3 is 2.64 bits per heavy atom. The molecule has 0 aromatic carbocycles. The van der Waals surface area contributed by atoms with E-state index in [1.54, 1.807) is 18.5 Å². The summed E-state index contributed by atoms with van der Waals surface area (Å²) < 4.78 is 0. The van der Waals surface area contributed by atoms with Gasteiger partial charge >= 0.3 is 0 Å². The minimum Gasteiger partial charge on any atom is -0.302 e. The minimum atomic E-state index is -0.137. The Morgan fingerprint density at radius 1 is 1.14 bits per heavy atom. The fourth-order valence-electron chi connectivity index (χ4n) is 1.64. The van der Waals surface area contributed by atoms with Gasteiger partial charge in [-0.3, -0.25) is 4.79 Å². The molecule has 0 bridgehead atoms. The number of anilines is 3. The molecule has 0 aliphatic rings. The van der Waals surface area contributed by atoms with E-state index in [9.17, 15) is 4.79 Å². The van der Waals surface area contributed by atoms with Crippen LogP contribution in [0.3, 0.4) is 0 Å². The van der Waals surface area contributed by atoms with E-state index < -0.39 is 0 Å². The summed E-state index contributed by atoms with van der Waals surface area (Å²) in [5.74, 6) is 0.341. The van der Waals surface area contributed by atoms with E-state index in [0.29, 0.717) is 21.9 Å². The summed E-state index contributed by atoms with van der Waals surface area (Å²) in [6.45, 7) is 1.89. The van der Waals surface area contributed by atoms with Crippen LogP contribution in [0.5, 0.6) is 0 Å². The fourth-order valence-corrected chi connectivity index (χ4v) is 3.05. The SMILES string of the molecule is Cc1csc(NC(=O)Cc2csc(Nc3ncccn3)n2)n1. The Labute approximate surface area is 134 Å². The van der Waals surface area contributed by atoms with Crippen molar-refractivity contribution >= 4 is 44.8 Å². The van der Waals surface area contributed by atoms with Crippen molar-refractivity contribution in [2.24, 2.45) is 0 Å². The van der Waals surface area contributed by atoms with Gasteiger partial charge in [0.25, 0.3) is 0 Å². The predicted octanol–water partition coefficient (Wildman–Crippen LogP) is 2.62. The van der Waals surface area contributed by atoms with Crippen LogP contribution in [0.4, 0.5) is 16.2 Å². The topological polar surface area (TPSA) is 92.7 Å². The first-order valence-electron chi connectivity index (χ1n) is 6.39. The molecule has 22 heavy (non-hydrogen) atoms. The summed E-state index contributed by atoms with van der Waals surface area (Å²) in [6, 6.07) is 1.74. The molecule has 3 rings (SSSR count). The van der Waals surface area contributed by atoms with Crippen LogP contribution in [-0.2, 0) is 11.2 Å². The molecule has 0 radical (unpaired) electrons. The zero-order valence-electron chi connectivity index (χ0n) is 11.6. The smallest absolute Gasteiger partial charge is 0.232 e. The van der Waals surface area contributed by atoms with Crippen LogP contribution < -0.4 is 10.6 Å². The van der Waals surface area contributed by atoms with E-state index in [0.717, 1.165) is 5.69 Å². The lowest BCUT2D eigenvalue weighted by atomic mass is 10.3. The Balaban J connectivity index is 1.58. The summed E-state index contributed by atoms with van der Waals surface area (Å²) in [6.07, 6.45) is 3.49. The van der Waals surface area contributed by atoms with Gasteiger partial charge < -0.3 is 10.6 Å². The van der Waals surface area contributed by atoms with Gasteiger partial charge in [0.2, 0.25) is 11.9 Å². The molecule has 0 aliphatic carbocycles. The second kappa shape index (κ2) is 6.58. The molecule has 3 heterocycles. The van der Waals surface area contributed by atoms with E-state index in [1.165, 1.54) is 22.7 Å². The zero-order chi connectivity index (χ0) is 15.4. The number of nitrogens with one attached hydrogen (secondary N) is 2. The highest BCUT2D eigenvalue weighted by Crippen LogP contribution is 2.19. The van der Waals surface area contributed by atoms with Crippen molar-refractivity contribution in [3.05, 3.63) is 40.6 Å². The van der Waals surface area contributed by atoms with Crippen molar-refractivity contribution in [2.45, 2.75) is 13.3 Å². The fraction of sp³-hybridized carbons (Fsp3) is 0.154. The highest BCUT2D eigenvalue weighted by Gasteiger charge is 2.10. The lowest BCUT2D eigenvalue weighted by Crippen LogP contribution is -2.14.